The lowest BCUT2D eigenvalue weighted by Crippen LogP contribution is -2.10. The molecule has 2 amide bonds. The summed E-state index contributed by atoms with van der Waals surface area (Å²) in [7, 11) is 0. The van der Waals surface area contributed by atoms with Gasteiger partial charge >= 0.3 is 0 Å². The van der Waals surface area contributed by atoms with Gasteiger partial charge in [-0.2, -0.15) is 15.0 Å². The van der Waals surface area contributed by atoms with Gasteiger partial charge in [0.15, 0.2) is 0 Å². The van der Waals surface area contributed by atoms with Crippen molar-refractivity contribution in [1.29, 1.82) is 0 Å². The molecule has 0 saturated heterocycles. The van der Waals surface area contributed by atoms with Crippen LogP contribution >= 0.6 is 11.6 Å². The number of carbonyl (C=O) groups is 2. The molecule has 1 heterocycles. The highest BCUT2D eigenvalue weighted by atomic mass is 35.5. The first-order chi connectivity index (χ1) is 12.9. The molecule has 3 aromatic rings. The van der Waals surface area contributed by atoms with Crippen molar-refractivity contribution in [3.05, 3.63) is 64.9 Å². The highest BCUT2D eigenvalue weighted by Gasteiger charge is 2.08. The molecule has 3 rings (SSSR count). The topological polar surface area (TPSA) is 149 Å². The molecular formula is C17H14ClN7O2. The van der Waals surface area contributed by atoms with Gasteiger partial charge in [-0.25, -0.2) is 0 Å². The smallest absolute Gasteiger partial charge is 0.248 e. The summed E-state index contributed by atoms with van der Waals surface area (Å²) in [5, 5.41) is 5.91. The summed E-state index contributed by atoms with van der Waals surface area (Å²) in [6.45, 7) is 0. The molecule has 0 aliphatic carbocycles. The van der Waals surface area contributed by atoms with Gasteiger partial charge in [0.1, 0.15) is 0 Å². The van der Waals surface area contributed by atoms with E-state index in [0.717, 1.165) is 0 Å². The van der Waals surface area contributed by atoms with Gasteiger partial charge in [0.05, 0.1) is 0 Å². The van der Waals surface area contributed by atoms with Gasteiger partial charge < -0.3 is 22.1 Å². The van der Waals surface area contributed by atoms with Crippen LogP contribution in [0.2, 0.25) is 5.28 Å². The summed E-state index contributed by atoms with van der Waals surface area (Å²) < 4.78 is 0. The fourth-order valence-corrected chi connectivity index (χ4v) is 2.32. The summed E-state index contributed by atoms with van der Waals surface area (Å²) in [4.78, 5) is 34.5. The minimum Gasteiger partial charge on any atom is -0.366 e. The monoisotopic (exact) mass is 383 g/mol. The van der Waals surface area contributed by atoms with E-state index in [2.05, 4.69) is 25.6 Å². The fraction of sp³-hybridized carbons (Fsp3) is 0. The number of hydrogen-bond acceptors (Lipinski definition) is 7. The average molecular weight is 384 g/mol. The van der Waals surface area contributed by atoms with E-state index in [-0.39, 0.29) is 17.2 Å². The average Bonchev–Trinajstić information content (AvgIpc) is 2.62. The molecule has 10 heteroatoms. The second-order valence-electron chi connectivity index (χ2n) is 5.38. The number of carbonyl (C=O) groups excluding carboxylic acids is 2. The lowest BCUT2D eigenvalue weighted by molar-refractivity contribution is 0.0992. The van der Waals surface area contributed by atoms with Crippen LogP contribution in [0.4, 0.5) is 23.3 Å². The van der Waals surface area contributed by atoms with Gasteiger partial charge in [-0.1, -0.05) is 0 Å². The molecule has 136 valence electrons. The van der Waals surface area contributed by atoms with E-state index < -0.39 is 11.8 Å². The number of nitrogens with two attached hydrogens (primary N) is 2. The number of nitrogens with zero attached hydrogens (tertiary/aromatic N) is 3. The fourth-order valence-electron chi connectivity index (χ4n) is 2.16. The third kappa shape index (κ3) is 4.67. The van der Waals surface area contributed by atoms with E-state index in [1.807, 2.05) is 0 Å². The van der Waals surface area contributed by atoms with Gasteiger partial charge in [-0.15, -0.1) is 0 Å². The quantitative estimate of drug-likeness (QED) is 0.509. The van der Waals surface area contributed by atoms with E-state index >= 15 is 0 Å². The van der Waals surface area contributed by atoms with Crippen molar-refractivity contribution >= 4 is 46.7 Å². The maximum absolute atomic E-state index is 11.1. The van der Waals surface area contributed by atoms with E-state index in [4.69, 9.17) is 23.1 Å². The largest absolute Gasteiger partial charge is 0.366 e. The Morgan fingerprint density at radius 1 is 0.704 bits per heavy atom. The molecule has 0 unspecified atom stereocenters. The number of amides is 2. The standard InChI is InChI=1S/C17H14ClN7O2/c18-15-23-16(21-11-5-1-9(2-6-11)13(19)26)25-17(24-15)22-12-7-3-10(4-8-12)14(20)27/h1-8H,(H2,19,26)(H2,20,27)(H2,21,22,23,24,25). The molecule has 6 N–H and O–H groups in total. The zero-order chi connectivity index (χ0) is 19.4. The second kappa shape index (κ2) is 7.67. The molecule has 27 heavy (non-hydrogen) atoms. The molecule has 1 aromatic heterocycles. The Bertz CT molecular complexity index is 913. The predicted molar refractivity (Wildman–Crippen MR) is 101 cm³/mol. The third-order valence-corrected chi connectivity index (χ3v) is 3.63. The second-order valence-corrected chi connectivity index (χ2v) is 5.72. The summed E-state index contributed by atoms with van der Waals surface area (Å²) in [6.07, 6.45) is 0. The SMILES string of the molecule is NC(=O)c1ccc(Nc2nc(Cl)nc(Nc3ccc(C(N)=O)cc3)n2)cc1. The van der Waals surface area contributed by atoms with Crippen molar-refractivity contribution in [3.63, 3.8) is 0 Å². The number of benzene rings is 2. The summed E-state index contributed by atoms with van der Waals surface area (Å²) in [5.41, 5.74) is 12.5. The third-order valence-electron chi connectivity index (χ3n) is 3.46. The molecule has 0 saturated carbocycles. The summed E-state index contributed by atoms with van der Waals surface area (Å²) >= 11 is 5.95. The lowest BCUT2D eigenvalue weighted by Gasteiger charge is -2.09. The Balaban J connectivity index is 1.77. The molecule has 0 radical (unpaired) electrons. The Kier molecular flexibility index (Phi) is 5.13. The number of primary amides is 2. The predicted octanol–water partition coefficient (Wildman–Crippen LogP) is 2.21. The van der Waals surface area contributed by atoms with Gasteiger partial charge in [0, 0.05) is 22.5 Å². The van der Waals surface area contributed by atoms with Crippen molar-refractivity contribution in [2.24, 2.45) is 11.5 Å². The maximum Gasteiger partial charge on any atom is 0.248 e. The van der Waals surface area contributed by atoms with Crippen LogP contribution in [0.15, 0.2) is 48.5 Å². The first-order valence-electron chi connectivity index (χ1n) is 7.66. The number of halogens is 1. The zero-order valence-corrected chi connectivity index (χ0v) is 14.6. The van der Waals surface area contributed by atoms with Gasteiger partial charge in [0.2, 0.25) is 29.0 Å². The Hall–Kier alpha value is -3.72. The number of aromatic nitrogens is 3. The van der Waals surface area contributed by atoms with Crippen LogP contribution in [0.25, 0.3) is 0 Å². The van der Waals surface area contributed by atoms with E-state index in [1.165, 1.54) is 0 Å². The van der Waals surface area contributed by atoms with E-state index in [9.17, 15) is 9.59 Å². The lowest BCUT2D eigenvalue weighted by atomic mass is 10.2. The molecular weight excluding hydrogens is 370 g/mol. The van der Waals surface area contributed by atoms with Crippen LogP contribution < -0.4 is 22.1 Å². The van der Waals surface area contributed by atoms with E-state index in [0.29, 0.717) is 22.5 Å². The summed E-state index contributed by atoms with van der Waals surface area (Å²) in [5.74, 6) is -0.617. The van der Waals surface area contributed by atoms with Crippen LogP contribution in [-0.4, -0.2) is 26.8 Å². The maximum atomic E-state index is 11.1. The van der Waals surface area contributed by atoms with Crippen molar-refractivity contribution in [2.45, 2.75) is 0 Å². The molecule has 0 fully saturated rings. The normalized spacial score (nSPS) is 10.3. The Labute approximate surface area is 158 Å². The molecule has 0 atom stereocenters. The van der Waals surface area contributed by atoms with Crippen LogP contribution in [-0.2, 0) is 0 Å². The van der Waals surface area contributed by atoms with Crippen LogP contribution in [0, 0.1) is 0 Å². The number of anilines is 4. The Morgan fingerprint density at radius 3 is 1.41 bits per heavy atom. The molecule has 2 aromatic carbocycles. The highest BCUT2D eigenvalue weighted by Crippen LogP contribution is 2.19. The molecule has 0 bridgehead atoms. The molecule has 0 aliphatic heterocycles. The molecule has 0 spiro atoms. The Morgan fingerprint density at radius 2 is 1.07 bits per heavy atom. The van der Waals surface area contributed by atoms with Gasteiger partial charge in [0.25, 0.3) is 0 Å². The first kappa shape index (κ1) is 18.1. The van der Waals surface area contributed by atoms with Crippen molar-refractivity contribution in [1.82, 2.24) is 15.0 Å². The van der Waals surface area contributed by atoms with Crippen molar-refractivity contribution in [2.75, 3.05) is 10.6 Å². The first-order valence-corrected chi connectivity index (χ1v) is 8.04. The van der Waals surface area contributed by atoms with E-state index in [1.54, 1.807) is 48.5 Å². The molecule has 0 aliphatic rings. The highest BCUT2D eigenvalue weighted by molar-refractivity contribution is 6.28. The van der Waals surface area contributed by atoms with Gasteiger partial charge in [-0.05, 0) is 60.1 Å². The van der Waals surface area contributed by atoms with Crippen LogP contribution in [0.3, 0.4) is 0 Å². The summed E-state index contributed by atoms with van der Waals surface area (Å²) in [6, 6.07) is 12.9. The molecule has 9 nitrogen and oxygen atoms in total. The van der Waals surface area contributed by atoms with Crippen LogP contribution in [0.1, 0.15) is 20.7 Å². The minimum atomic E-state index is -0.515. The van der Waals surface area contributed by atoms with Crippen molar-refractivity contribution in [3.8, 4) is 0 Å². The number of rotatable bonds is 6. The minimum absolute atomic E-state index is 0.0162. The number of nitrogens with one attached hydrogen (secondary N) is 2. The zero-order valence-electron chi connectivity index (χ0n) is 13.8. The number of hydrogen-bond donors (Lipinski definition) is 4. The van der Waals surface area contributed by atoms with Gasteiger partial charge in [-0.3, -0.25) is 9.59 Å². The van der Waals surface area contributed by atoms with Crippen LogP contribution in [0.5, 0.6) is 0 Å². The van der Waals surface area contributed by atoms with Crippen molar-refractivity contribution < 1.29 is 9.59 Å².